The third-order valence-electron chi connectivity index (χ3n) is 2.12. The monoisotopic (exact) mass is 221 g/mol. The maximum Gasteiger partial charge on any atom is 0.149 e. The van der Waals surface area contributed by atoms with E-state index in [0.717, 1.165) is 0 Å². The van der Waals surface area contributed by atoms with Gasteiger partial charge in [-0.3, -0.25) is 4.68 Å². The highest BCUT2D eigenvalue weighted by atomic mass is 19.1. The summed E-state index contributed by atoms with van der Waals surface area (Å²) in [7, 11) is 0. The molecule has 16 heavy (non-hydrogen) atoms. The second-order valence-corrected chi connectivity index (χ2v) is 3.30. The summed E-state index contributed by atoms with van der Waals surface area (Å²) < 4.78 is 20.2. The molecule has 0 spiro atoms. The van der Waals surface area contributed by atoms with Crippen molar-refractivity contribution in [3.05, 3.63) is 42.5 Å². The minimum atomic E-state index is -0.461. The van der Waals surface area contributed by atoms with E-state index in [4.69, 9.17) is 10.5 Å². The van der Waals surface area contributed by atoms with Crippen LogP contribution in [0.15, 0.2) is 36.7 Å². The van der Waals surface area contributed by atoms with E-state index in [1.807, 2.05) is 12.3 Å². The minimum absolute atomic E-state index is 0.124. The molecule has 0 amide bonds. The van der Waals surface area contributed by atoms with Crippen molar-refractivity contribution in [3.63, 3.8) is 0 Å². The molecule has 0 saturated heterocycles. The molecule has 2 N–H and O–H groups in total. The van der Waals surface area contributed by atoms with Crippen molar-refractivity contribution in [2.45, 2.75) is 6.54 Å². The molecule has 0 radical (unpaired) electrons. The summed E-state index contributed by atoms with van der Waals surface area (Å²) in [5, 5.41) is 4.02. The van der Waals surface area contributed by atoms with E-state index in [0.29, 0.717) is 18.9 Å². The standard InChI is InChI=1S/C11H12FN3O/c12-10-8-9(2-3-11(10)13)16-7-6-15-5-1-4-14-15/h1-5,8H,6-7,13H2. The summed E-state index contributed by atoms with van der Waals surface area (Å²) in [5.74, 6) is 0.00967. The summed E-state index contributed by atoms with van der Waals surface area (Å²) in [4.78, 5) is 0. The zero-order chi connectivity index (χ0) is 11.4. The van der Waals surface area contributed by atoms with Crippen molar-refractivity contribution in [2.24, 2.45) is 0 Å². The normalized spacial score (nSPS) is 10.3. The highest BCUT2D eigenvalue weighted by Gasteiger charge is 2.00. The predicted molar refractivity (Wildman–Crippen MR) is 58.5 cm³/mol. The second kappa shape index (κ2) is 4.65. The number of nitrogen functional groups attached to an aromatic ring is 1. The van der Waals surface area contributed by atoms with Crippen LogP contribution >= 0.6 is 0 Å². The number of benzene rings is 1. The Balaban J connectivity index is 1.87. The Kier molecular flexibility index (Phi) is 3.05. The molecular weight excluding hydrogens is 209 g/mol. The van der Waals surface area contributed by atoms with Crippen LogP contribution in [0.3, 0.4) is 0 Å². The number of hydrogen-bond donors (Lipinski definition) is 1. The quantitative estimate of drug-likeness (QED) is 0.799. The van der Waals surface area contributed by atoms with Gasteiger partial charge in [-0.15, -0.1) is 0 Å². The first kappa shape index (κ1) is 10.5. The van der Waals surface area contributed by atoms with Gasteiger partial charge in [-0.05, 0) is 18.2 Å². The van der Waals surface area contributed by atoms with Crippen LogP contribution < -0.4 is 10.5 Å². The van der Waals surface area contributed by atoms with Crippen molar-refractivity contribution in [2.75, 3.05) is 12.3 Å². The molecule has 1 heterocycles. The first-order valence-electron chi connectivity index (χ1n) is 4.91. The van der Waals surface area contributed by atoms with E-state index >= 15 is 0 Å². The van der Waals surface area contributed by atoms with Crippen LogP contribution in [-0.4, -0.2) is 16.4 Å². The molecule has 0 aliphatic rings. The lowest BCUT2D eigenvalue weighted by Crippen LogP contribution is -2.08. The van der Waals surface area contributed by atoms with Crippen molar-refractivity contribution in [1.29, 1.82) is 0 Å². The van der Waals surface area contributed by atoms with Crippen LogP contribution in [0, 0.1) is 5.82 Å². The molecule has 0 aliphatic carbocycles. The molecule has 1 aromatic carbocycles. The largest absolute Gasteiger partial charge is 0.492 e. The Labute approximate surface area is 92.4 Å². The third kappa shape index (κ3) is 2.50. The Morgan fingerprint density at radius 2 is 2.31 bits per heavy atom. The van der Waals surface area contributed by atoms with Crippen molar-refractivity contribution >= 4 is 5.69 Å². The van der Waals surface area contributed by atoms with Crippen LogP contribution in [0.2, 0.25) is 0 Å². The van der Waals surface area contributed by atoms with Gasteiger partial charge >= 0.3 is 0 Å². The summed E-state index contributed by atoms with van der Waals surface area (Å²) in [6, 6.07) is 6.24. The van der Waals surface area contributed by atoms with Gasteiger partial charge in [0, 0.05) is 18.5 Å². The molecule has 1 aromatic heterocycles. The number of halogens is 1. The molecule has 0 fully saturated rings. The number of ether oxygens (including phenoxy) is 1. The fraction of sp³-hybridized carbons (Fsp3) is 0.182. The van der Waals surface area contributed by atoms with Gasteiger partial charge < -0.3 is 10.5 Å². The number of anilines is 1. The van der Waals surface area contributed by atoms with Gasteiger partial charge in [-0.25, -0.2) is 4.39 Å². The number of nitrogens with zero attached hydrogens (tertiary/aromatic N) is 2. The fourth-order valence-electron chi connectivity index (χ4n) is 1.29. The van der Waals surface area contributed by atoms with E-state index in [1.165, 1.54) is 12.1 Å². The maximum atomic E-state index is 13.1. The lowest BCUT2D eigenvalue weighted by molar-refractivity contribution is 0.290. The fourth-order valence-corrected chi connectivity index (χ4v) is 1.29. The summed E-state index contributed by atoms with van der Waals surface area (Å²) in [5.41, 5.74) is 5.47. The highest BCUT2D eigenvalue weighted by molar-refractivity contribution is 5.43. The molecule has 84 valence electrons. The number of rotatable bonds is 4. The van der Waals surface area contributed by atoms with E-state index < -0.39 is 5.82 Å². The molecule has 2 rings (SSSR count). The average molecular weight is 221 g/mol. The van der Waals surface area contributed by atoms with E-state index in [-0.39, 0.29) is 5.69 Å². The van der Waals surface area contributed by atoms with Crippen molar-refractivity contribution < 1.29 is 9.13 Å². The molecular formula is C11H12FN3O. The number of hydrogen-bond acceptors (Lipinski definition) is 3. The topological polar surface area (TPSA) is 53.1 Å². The summed E-state index contributed by atoms with van der Waals surface area (Å²) in [6.45, 7) is 1.06. The molecule has 2 aromatic rings. The Hall–Kier alpha value is -2.04. The van der Waals surface area contributed by atoms with Gasteiger partial charge in [0.2, 0.25) is 0 Å². The zero-order valence-corrected chi connectivity index (χ0v) is 8.64. The van der Waals surface area contributed by atoms with Gasteiger partial charge in [0.1, 0.15) is 18.2 Å². The minimum Gasteiger partial charge on any atom is -0.492 e. The zero-order valence-electron chi connectivity index (χ0n) is 8.64. The maximum absolute atomic E-state index is 13.1. The number of nitrogens with two attached hydrogens (primary N) is 1. The van der Waals surface area contributed by atoms with Gasteiger partial charge in [-0.1, -0.05) is 0 Å². The molecule has 0 bridgehead atoms. The summed E-state index contributed by atoms with van der Waals surface area (Å²) in [6.07, 6.45) is 3.54. The van der Waals surface area contributed by atoms with Crippen LogP contribution in [0.4, 0.5) is 10.1 Å². The van der Waals surface area contributed by atoms with Crippen LogP contribution in [0.5, 0.6) is 5.75 Å². The van der Waals surface area contributed by atoms with Gasteiger partial charge in [0.05, 0.1) is 12.2 Å². The molecule has 0 aliphatic heterocycles. The second-order valence-electron chi connectivity index (χ2n) is 3.30. The third-order valence-corrected chi connectivity index (χ3v) is 2.12. The van der Waals surface area contributed by atoms with Crippen LogP contribution in [0.1, 0.15) is 0 Å². The Morgan fingerprint density at radius 1 is 1.44 bits per heavy atom. The van der Waals surface area contributed by atoms with Gasteiger partial charge in [-0.2, -0.15) is 5.10 Å². The highest BCUT2D eigenvalue weighted by Crippen LogP contribution is 2.17. The van der Waals surface area contributed by atoms with Crippen LogP contribution in [0.25, 0.3) is 0 Å². The SMILES string of the molecule is Nc1ccc(OCCn2cccn2)cc1F. The molecule has 5 heteroatoms. The first-order chi connectivity index (χ1) is 7.75. The van der Waals surface area contributed by atoms with Crippen molar-refractivity contribution in [1.82, 2.24) is 9.78 Å². The average Bonchev–Trinajstić information content (AvgIpc) is 2.76. The number of aromatic nitrogens is 2. The van der Waals surface area contributed by atoms with E-state index in [9.17, 15) is 4.39 Å². The molecule has 0 saturated carbocycles. The summed E-state index contributed by atoms with van der Waals surface area (Å²) >= 11 is 0. The first-order valence-corrected chi connectivity index (χ1v) is 4.91. The lowest BCUT2D eigenvalue weighted by Gasteiger charge is -2.07. The Bertz CT molecular complexity index is 456. The van der Waals surface area contributed by atoms with Gasteiger partial charge in [0.25, 0.3) is 0 Å². The molecule has 4 nitrogen and oxygen atoms in total. The predicted octanol–water partition coefficient (Wildman–Crippen LogP) is 1.68. The molecule has 0 unspecified atom stereocenters. The smallest absolute Gasteiger partial charge is 0.149 e. The molecule has 0 atom stereocenters. The van der Waals surface area contributed by atoms with Crippen molar-refractivity contribution in [3.8, 4) is 5.75 Å². The lowest BCUT2D eigenvalue weighted by atomic mass is 10.3. The van der Waals surface area contributed by atoms with Crippen LogP contribution in [-0.2, 0) is 6.54 Å². The van der Waals surface area contributed by atoms with E-state index in [2.05, 4.69) is 5.10 Å². The van der Waals surface area contributed by atoms with Gasteiger partial charge in [0.15, 0.2) is 0 Å². The van der Waals surface area contributed by atoms with E-state index in [1.54, 1.807) is 16.9 Å². The Morgan fingerprint density at radius 3 is 3.00 bits per heavy atom.